The Balaban J connectivity index is 1.84. The number of hydrogen-bond donors (Lipinski definition) is 5. The van der Waals surface area contributed by atoms with Gasteiger partial charge >= 0.3 is 0 Å². The molecule has 2 heterocycles. The predicted molar refractivity (Wildman–Crippen MR) is 136 cm³/mol. The molecule has 0 amide bonds. The number of aromatic nitrogens is 4. The highest BCUT2D eigenvalue weighted by Crippen LogP contribution is 2.39. The van der Waals surface area contributed by atoms with Gasteiger partial charge in [0.25, 0.3) is 0 Å². The molecule has 0 spiro atoms. The Morgan fingerprint density at radius 1 is 1.06 bits per heavy atom. The zero-order valence-corrected chi connectivity index (χ0v) is 20.7. The second kappa shape index (κ2) is 10.8. The summed E-state index contributed by atoms with van der Waals surface area (Å²) >= 11 is 16.5. The normalized spacial score (nSPS) is 12.1. The van der Waals surface area contributed by atoms with Gasteiger partial charge in [0, 0.05) is 22.8 Å². The molecule has 4 aromatic rings. The first-order valence-electron chi connectivity index (χ1n) is 10.2. The van der Waals surface area contributed by atoms with Crippen LogP contribution in [0.2, 0.25) is 10.0 Å². The summed E-state index contributed by atoms with van der Waals surface area (Å²) in [5, 5.41) is 31.7. The number of nitrogens with zero attached hydrogens (tertiary/aromatic N) is 3. The van der Waals surface area contributed by atoms with E-state index in [1.807, 2.05) is 24.3 Å². The second-order valence-corrected chi connectivity index (χ2v) is 9.12. The van der Waals surface area contributed by atoms with Crippen molar-refractivity contribution in [3.05, 3.63) is 68.7 Å². The highest BCUT2D eigenvalue weighted by molar-refractivity contribution is 9.10. The van der Waals surface area contributed by atoms with E-state index in [2.05, 4.69) is 36.2 Å². The number of anilines is 1. The van der Waals surface area contributed by atoms with Crippen LogP contribution in [0.1, 0.15) is 5.56 Å². The third kappa shape index (κ3) is 5.41. The summed E-state index contributed by atoms with van der Waals surface area (Å²) in [5.74, 6) is 0.720. The minimum Gasteiger partial charge on any atom is -0.394 e. The number of hydrogen-bond acceptors (Lipinski definition) is 7. The average Bonchev–Trinajstić information content (AvgIpc) is 3.27. The van der Waals surface area contributed by atoms with Crippen LogP contribution < -0.4 is 5.32 Å². The van der Waals surface area contributed by atoms with E-state index in [4.69, 9.17) is 33.3 Å². The maximum atomic E-state index is 9.61. The van der Waals surface area contributed by atoms with Crippen molar-refractivity contribution in [2.45, 2.75) is 12.7 Å². The second-order valence-electron chi connectivity index (χ2n) is 7.39. The molecular formula is C23H20BrCl2N5O3. The topological polar surface area (TPSA) is 127 Å². The van der Waals surface area contributed by atoms with Crippen molar-refractivity contribution in [1.82, 2.24) is 19.9 Å². The molecule has 0 aliphatic heterocycles. The van der Waals surface area contributed by atoms with Crippen LogP contribution in [-0.4, -0.2) is 54.5 Å². The van der Waals surface area contributed by atoms with Crippen LogP contribution in [0.3, 0.4) is 0 Å². The van der Waals surface area contributed by atoms with E-state index < -0.39 is 6.10 Å². The van der Waals surface area contributed by atoms with E-state index >= 15 is 0 Å². The SMILES string of the molecule is OCc1cc(Cl)c(-c2nc(-c3cccc(Br)c3)c(-c3ccnc(NCC(O)CO)n3)[nH]2)c(Cl)c1. The molecule has 1 atom stereocenters. The molecule has 0 saturated carbocycles. The number of nitrogens with one attached hydrogen (secondary N) is 2. The molecule has 2 aromatic carbocycles. The van der Waals surface area contributed by atoms with E-state index in [1.54, 1.807) is 24.4 Å². The number of aliphatic hydroxyl groups is 3. The Kier molecular flexibility index (Phi) is 7.82. The van der Waals surface area contributed by atoms with Crippen molar-refractivity contribution in [3.63, 3.8) is 0 Å². The van der Waals surface area contributed by atoms with Crippen molar-refractivity contribution in [3.8, 4) is 34.0 Å². The van der Waals surface area contributed by atoms with Crippen LogP contribution in [0.4, 0.5) is 5.95 Å². The Morgan fingerprint density at radius 3 is 2.50 bits per heavy atom. The molecule has 34 heavy (non-hydrogen) atoms. The number of imidazole rings is 1. The predicted octanol–water partition coefficient (Wildman–Crippen LogP) is 4.53. The molecule has 5 N–H and O–H groups in total. The number of halogens is 3. The lowest BCUT2D eigenvalue weighted by Gasteiger charge is -2.09. The molecule has 11 heteroatoms. The lowest BCUT2D eigenvalue weighted by atomic mass is 10.1. The molecule has 0 bridgehead atoms. The van der Waals surface area contributed by atoms with Crippen molar-refractivity contribution < 1.29 is 15.3 Å². The fourth-order valence-electron chi connectivity index (χ4n) is 3.32. The summed E-state index contributed by atoms with van der Waals surface area (Å²) in [6.45, 7) is -0.469. The van der Waals surface area contributed by atoms with Gasteiger partial charge < -0.3 is 25.6 Å². The van der Waals surface area contributed by atoms with E-state index in [9.17, 15) is 10.2 Å². The lowest BCUT2D eigenvalue weighted by Crippen LogP contribution is -2.23. The monoisotopic (exact) mass is 563 g/mol. The minimum absolute atomic E-state index is 0.0924. The molecule has 0 fully saturated rings. The highest BCUT2D eigenvalue weighted by Gasteiger charge is 2.21. The lowest BCUT2D eigenvalue weighted by molar-refractivity contribution is 0.105. The Morgan fingerprint density at radius 2 is 1.82 bits per heavy atom. The summed E-state index contributed by atoms with van der Waals surface area (Å²) < 4.78 is 0.881. The Hall–Kier alpha value is -2.53. The Bertz CT molecular complexity index is 1290. The number of benzene rings is 2. The summed E-state index contributed by atoms with van der Waals surface area (Å²) in [4.78, 5) is 16.8. The summed E-state index contributed by atoms with van der Waals surface area (Å²) in [6, 6.07) is 12.7. The van der Waals surface area contributed by atoms with Crippen LogP contribution in [0.5, 0.6) is 0 Å². The molecule has 0 aliphatic rings. The number of rotatable bonds is 8. The average molecular weight is 565 g/mol. The van der Waals surface area contributed by atoms with Crippen LogP contribution in [-0.2, 0) is 6.61 Å². The quantitative estimate of drug-likeness (QED) is 0.213. The first-order valence-corrected chi connectivity index (χ1v) is 11.8. The van der Waals surface area contributed by atoms with Crippen LogP contribution >= 0.6 is 39.1 Å². The van der Waals surface area contributed by atoms with Gasteiger partial charge in [0.15, 0.2) is 0 Å². The van der Waals surface area contributed by atoms with Crippen molar-refractivity contribution in [1.29, 1.82) is 0 Å². The summed E-state index contributed by atoms with van der Waals surface area (Å²) in [6.07, 6.45) is 0.645. The van der Waals surface area contributed by atoms with Gasteiger partial charge in [-0.15, -0.1) is 0 Å². The molecule has 1 unspecified atom stereocenters. The molecule has 0 aliphatic carbocycles. The van der Waals surface area contributed by atoms with Crippen LogP contribution in [0.25, 0.3) is 34.0 Å². The maximum Gasteiger partial charge on any atom is 0.223 e. The van der Waals surface area contributed by atoms with Crippen molar-refractivity contribution in [2.24, 2.45) is 0 Å². The minimum atomic E-state index is -0.936. The maximum absolute atomic E-state index is 9.61. The van der Waals surface area contributed by atoms with Gasteiger partial charge in [-0.25, -0.2) is 15.0 Å². The number of H-pyrrole nitrogens is 1. The van der Waals surface area contributed by atoms with Crippen molar-refractivity contribution >= 4 is 45.1 Å². The zero-order chi connectivity index (χ0) is 24.2. The smallest absolute Gasteiger partial charge is 0.223 e. The third-order valence-electron chi connectivity index (χ3n) is 4.94. The zero-order valence-electron chi connectivity index (χ0n) is 17.6. The molecule has 2 aromatic heterocycles. The van der Waals surface area contributed by atoms with Gasteiger partial charge in [-0.1, -0.05) is 51.3 Å². The fraction of sp³-hybridized carbons (Fsp3) is 0.174. The number of aromatic amines is 1. The first-order chi connectivity index (χ1) is 16.4. The first kappa shape index (κ1) is 24.6. The van der Waals surface area contributed by atoms with Crippen molar-refractivity contribution in [2.75, 3.05) is 18.5 Å². The molecule has 4 rings (SSSR count). The van der Waals surface area contributed by atoms with Gasteiger partial charge in [0.2, 0.25) is 5.95 Å². The van der Waals surface area contributed by atoms with E-state index in [0.29, 0.717) is 44.1 Å². The largest absolute Gasteiger partial charge is 0.394 e. The Labute approximate surface area is 213 Å². The van der Waals surface area contributed by atoms with E-state index in [0.717, 1.165) is 10.0 Å². The summed E-state index contributed by atoms with van der Waals surface area (Å²) in [5.41, 5.74) is 3.70. The van der Waals surface area contributed by atoms with Crippen LogP contribution in [0, 0.1) is 0 Å². The number of aliphatic hydroxyl groups excluding tert-OH is 3. The fourth-order valence-corrected chi connectivity index (χ4v) is 4.43. The van der Waals surface area contributed by atoms with E-state index in [-0.39, 0.29) is 25.7 Å². The third-order valence-corrected chi connectivity index (χ3v) is 6.03. The van der Waals surface area contributed by atoms with Gasteiger partial charge in [0.1, 0.15) is 5.82 Å². The highest BCUT2D eigenvalue weighted by atomic mass is 79.9. The summed E-state index contributed by atoms with van der Waals surface area (Å²) in [7, 11) is 0. The van der Waals surface area contributed by atoms with Gasteiger partial charge in [-0.2, -0.15) is 0 Å². The molecule has 176 valence electrons. The van der Waals surface area contributed by atoms with Crippen LogP contribution in [0.15, 0.2) is 53.1 Å². The van der Waals surface area contributed by atoms with Gasteiger partial charge in [-0.3, -0.25) is 0 Å². The molecular weight excluding hydrogens is 545 g/mol. The molecule has 8 nitrogen and oxygen atoms in total. The van der Waals surface area contributed by atoms with Gasteiger partial charge in [0.05, 0.1) is 52.0 Å². The molecule has 0 saturated heterocycles. The standard InChI is InChI=1S/C23H20BrCl2N5O3/c24-14-3-1-2-13(8-14)20-21(18-4-5-27-23(29-18)28-9-15(34)11-33)31-22(30-20)19-16(25)6-12(10-32)7-17(19)26/h1-8,15,32-34H,9-11H2,(H,30,31)(H,27,28,29). The van der Waals surface area contributed by atoms with E-state index in [1.165, 1.54) is 0 Å². The van der Waals surface area contributed by atoms with Gasteiger partial charge in [-0.05, 0) is 35.9 Å². The molecule has 0 radical (unpaired) electrons.